The summed E-state index contributed by atoms with van der Waals surface area (Å²) in [6, 6.07) is -0.318. The van der Waals surface area contributed by atoms with E-state index in [-0.39, 0.29) is 35.1 Å². The summed E-state index contributed by atoms with van der Waals surface area (Å²) in [5.74, 6) is 0.561. The van der Waals surface area contributed by atoms with Crippen LogP contribution in [0.4, 0.5) is 0 Å². The van der Waals surface area contributed by atoms with Crippen LogP contribution in [-0.2, 0) is 19.7 Å². The maximum Gasteiger partial charge on any atom is 0.166 e. The van der Waals surface area contributed by atoms with Crippen molar-refractivity contribution < 1.29 is 16.8 Å². The second kappa shape index (κ2) is 4.93. The first-order chi connectivity index (χ1) is 8.26. The van der Waals surface area contributed by atoms with E-state index in [4.69, 9.17) is 12.2 Å². The van der Waals surface area contributed by atoms with Crippen LogP contribution < -0.4 is 10.6 Å². The SMILES string of the molecule is O=S1(=O)CC[C@@H](NC(=S)N[C@@H]2CCS(=O)(=O)C2)C1. The topological polar surface area (TPSA) is 92.3 Å². The molecule has 2 aliphatic rings. The normalized spacial score (nSPS) is 33.1. The Labute approximate surface area is 112 Å². The van der Waals surface area contributed by atoms with Crippen LogP contribution in [0.1, 0.15) is 12.8 Å². The van der Waals surface area contributed by atoms with Crippen LogP contribution in [-0.4, -0.2) is 57.0 Å². The fraction of sp³-hybridized carbons (Fsp3) is 0.889. The lowest BCUT2D eigenvalue weighted by atomic mass is 10.2. The van der Waals surface area contributed by atoms with E-state index in [1.54, 1.807) is 0 Å². The number of nitrogens with one attached hydrogen (secondary N) is 2. The van der Waals surface area contributed by atoms with Crippen LogP contribution >= 0.6 is 12.2 Å². The van der Waals surface area contributed by atoms with Crippen molar-refractivity contribution in [1.82, 2.24) is 10.6 Å². The highest BCUT2D eigenvalue weighted by Crippen LogP contribution is 2.13. The Bertz CT molecular complexity index is 492. The zero-order chi connectivity index (χ0) is 13.4. The molecule has 0 unspecified atom stereocenters. The summed E-state index contributed by atoms with van der Waals surface area (Å²) in [7, 11) is -5.87. The molecule has 2 saturated heterocycles. The molecule has 0 aromatic rings. The highest BCUT2D eigenvalue weighted by molar-refractivity contribution is 7.92. The quantitative estimate of drug-likeness (QED) is 0.620. The third-order valence-corrected chi connectivity index (χ3v) is 6.91. The lowest BCUT2D eigenvalue weighted by molar-refractivity contribution is 0.598. The van der Waals surface area contributed by atoms with Gasteiger partial charge in [0.25, 0.3) is 0 Å². The van der Waals surface area contributed by atoms with Crippen LogP contribution in [0, 0.1) is 0 Å². The molecular formula is C9H16N2O4S3. The Kier molecular flexibility index (Phi) is 3.84. The minimum Gasteiger partial charge on any atom is -0.359 e. The fourth-order valence-electron chi connectivity index (χ4n) is 2.23. The van der Waals surface area contributed by atoms with Crippen LogP contribution in [0.2, 0.25) is 0 Å². The molecule has 2 heterocycles. The van der Waals surface area contributed by atoms with E-state index in [9.17, 15) is 16.8 Å². The van der Waals surface area contributed by atoms with Crippen molar-refractivity contribution in [2.45, 2.75) is 24.9 Å². The summed E-state index contributed by atoms with van der Waals surface area (Å²) >= 11 is 5.07. The summed E-state index contributed by atoms with van der Waals surface area (Å²) in [5, 5.41) is 6.22. The fourth-order valence-corrected chi connectivity index (χ4v) is 5.91. The first kappa shape index (κ1) is 14.0. The summed E-state index contributed by atoms with van der Waals surface area (Å²) in [6.07, 6.45) is 1.10. The molecule has 0 saturated carbocycles. The van der Waals surface area contributed by atoms with Gasteiger partial charge < -0.3 is 10.6 Å². The van der Waals surface area contributed by atoms with Crippen LogP contribution in [0.3, 0.4) is 0 Å². The van der Waals surface area contributed by atoms with Crippen molar-refractivity contribution in [1.29, 1.82) is 0 Å². The van der Waals surface area contributed by atoms with Crippen molar-refractivity contribution in [2.75, 3.05) is 23.0 Å². The standard InChI is InChI=1S/C9H16N2O4S3/c12-17(13)3-1-7(5-17)10-9(16)11-8-2-4-18(14,15)6-8/h7-8H,1-6H2,(H2,10,11,16)/t7-,8-/m1/s1. The lowest BCUT2D eigenvalue weighted by Crippen LogP contribution is -2.46. The molecule has 2 fully saturated rings. The summed E-state index contributed by atoms with van der Waals surface area (Å²) < 4.78 is 45.1. The molecule has 2 atom stereocenters. The van der Waals surface area contributed by atoms with E-state index in [0.29, 0.717) is 18.0 Å². The molecule has 18 heavy (non-hydrogen) atoms. The van der Waals surface area contributed by atoms with Crippen molar-refractivity contribution in [2.24, 2.45) is 0 Å². The van der Waals surface area contributed by atoms with E-state index in [1.807, 2.05) is 0 Å². The zero-order valence-electron chi connectivity index (χ0n) is 9.76. The molecule has 2 rings (SSSR count). The van der Waals surface area contributed by atoms with Crippen molar-refractivity contribution >= 4 is 37.0 Å². The van der Waals surface area contributed by atoms with Gasteiger partial charge in [0.1, 0.15) is 0 Å². The zero-order valence-corrected chi connectivity index (χ0v) is 12.2. The summed E-state index contributed by atoms with van der Waals surface area (Å²) in [5.41, 5.74) is 0. The van der Waals surface area contributed by atoms with Gasteiger partial charge in [0.05, 0.1) is 23.0 Å². The Morgan fingerprint density at radius 3 is 1.56 bits per heavy atom. The van der Waals surface area contributed by atoms with Crippen molar-refractivity contribution in [3.8, 4) is 0 Å². The summed E-state index contributed by atoms with van der Waals surface area (Å²) in [4.78, 5) is 0. The van der Waals surface area contributed by atoms with Gasteiger partial charge in [-0.15, -0.1) is 0 Å². The van der Waals surface area contributed by atoms with E-state index >= 15 is 0 Å². The second-order valence-corrected chi connectivity index (χ2v) is 9.68. The van der Waals surface area contributed by atoms with E-state index in [0.717, 1.165) is 0 Å². The average molecular weight is 312 g/mol. The second-order valence-electron chi connectivity index (χ2n) is 4.82. The summed E-state index contributed by atoms with van der Waals surface area (Å²) in [6.45, 7) is 0. The van der Waals surface area contributed by atoms with Gasteiger partial charge in [-0.3, -0.25) is 0 Å². The van der Waals surface area contributed by atoms with Gasteiger partial charge in [0.15, 0.2) is 24.8 Å². The Hall–Kier alpha value is -0.410. The molecule has 9 heteroatoms. The largest absolute Gasteiger partial charge is 0.359 e. The Balaban J connectivity index is 1.80. The molecule has 6 nitrogen and oxygen atoms in total. The predicted molar refractivity (Wildman–Crippen MR) is 73.0 cm³/mol. The van der Waals surface area contributed by atoms with Crippen molar-refractivity contribution in [3.63, 3.8) is 0 Å². The van der Waals surface area contributed by atoms with E-state index < -0.39 is 19.7 Å². The Morgan fingerprint density at radius 2 is 1.28 bits per heavy atom. The number of rotatable bonds is 2. The van der Waals surface area contributed by atoms with Crippen LogP contribution in [0.25, 0.3) is 0 Å². The minimum atomic E-state index is -2.93. The van der Waals surface area contributed by atoms with Crippen LogP contribution in [0.15, 0.2) is 0 Å². The van der Waals surface area contributed by atoms with Gasteiger partial charge in [-0.05, 0) is 25.1 Å². The smallest absolute Gasteiger partial charge is 0.166 e. The van der Waals surface area contributed by atoms with E-state index in [1.165, 1.54) is 0 Å². The van der Waals surface area contributed by atoms with Gasteiger partial charge in [-0.25, -0.2) is 16.8 Å². The molecule has 2 N–H and O–H groups in total. The van der Waals surface area contributed by atoms with Gasteiger partial charge in [-0.2, -0.15) is 0 Å². The molecule has 0 aromatic heterocycles. The molecule has 104 valence electrons. The predicted octanol–water partition coefficient (Wildman–Crippen LogP) is -1.18. The molecule has 0 aromatic carbocycles. The third kappa shape index (κ3) is 3.79. The first-order valence-corrected chi connectivity index (χ1v) is 9.79. The van der Waals surface area contributed by atoms with Crippen molar-refractivity contribution in [3.05, 3.63) is 0 Å². The first-order valence-electron chi connectivity index (χ1n) is 5.74. The van der Waals surface area contributed by atoms with Gasteiger partial charge in [-0.1, -0.05) is 0 Å². The van der Waals surface area contributed by atoms with Gasteiger partial charge in [0, 0.05) is 12.1 Å². The molecule has 0 bridgehead atoms. The molecule has 0 aliphatic carbocycles. The lowest BCUT2D eigenvalue weighted by Gasteiger charge is -2.18. The van der Waals surface area contributed by atoms with Crippen LogP contribution in [0.5, 0.6) is 0 Å². The van der Waals surface area contributed by atoms with Gasteiger partial charge in [0.2, 0.25) is 0 Å². The van der Waals surface area contributed by atoms with E-state index in [2.05, 4.69) is 10.6 Å². The number of hydrogen-bond acceptors (Lipinski definition) is 5. The minimum absolute atomic E-state index is 0.0950. The maximum atomic E-state index is 11.3. The number of thiocarbonyl (C=S) groups is 1. The average Bonchev–Trinajstić information content (AvgIpc) is 2.69. The highest BCUT2D eigenvalue weighted by Gasteiger charge is 2.30. The third-order valence-electron chi connectivity index (χ3n) is 3.14. The number of hydrogen-bond donors (Lipinski definition) is 2. The van der Waals surface area contributed by atoms with Gasteiger partial charge >= 0.3 is 0 Å². The monoisotopic (exact) mass is 312 g/mol. The molecule has 0 radical (unpaired) electrons. The molecule has 0 spiro atoms. The molecule has 2 aliphatic heterocycles. The highest BCUT2D eigenvalue weighted by atomic mass is 32.2. The Morgan fingerprint density at radius 1 is 0.889 bits per heavy atom. The number of sulfone groups is 2. The maximum absolute atomic E-state index is 11.3. The molecule has 0 amide bonds. The molecular weight excluding hydrogens is 296 g/mol.